The van der Waals surface area contributed by atoms with E-state index in [4.69, 9.17) is 16.3 Å². The number of halogens is 2. The molecule has 32 heavy (non-hydrogen) atoms. The molecule has 3 aromatic rings. The fourth-order valence-corrected chi connectivity index (χ4v) is 5.47. The maximum absolute atomic E-state index is 13.6. The number of rotatable bonds is 8. The Labute approximate surface area is 193 Å². The van der Waals surface area contributed by atoms with Gasteiger partial charge in [-0.05, 0) is 55.8 Å². The van der Waals surface area contributed by atoms with Crippen LogP contribution in [0.15, 0.2) is 52.4 Å². The molecule has 0 atom stereocenters. The van der Waals surface area contributed by atoms with Gasteiger partial charge in [-0.15, -0.1) is 0 Å². The number of nitrogens with zero attached hydrogens (tertiary/aromatic N) is 2. The summed E-state index contributed by atoms with van der Waals surface area (Å²) in [7, 11) is -3.56. The Morgan fingerprint density at radius 1 is 1.19 bits per heavy atom. The van der Waals surface area contributed by atoms with Crippen LogP contribution >= 0.6 is 22.9 Å². The molecule has 0 N–H and O–H groups in total. The number of ether oxygens (including phenoxy) is 1. The molecule has 0 spiro atoms. The minimum absolute atomic E-state index is 0.0741. The molecule has 2 aromatic carbocycles. The van der Waals surface area contributed by atoms with Crippen molar-refractivity contribution < 1.29 is 27.1 Å². The molecule has 0 saturated heterocycles. The van der Waals surface area contributed by atoms with Crippen LogP contribution in [0.4, 0.5) is 4.39 Å². The minimum atomic E-state index is -3.56. The van der Waals surface area contributed by atoms with E-state index in [-0.39, 0.29) is 41.4 Å². The number of thiazole rings is 1. The summed E-state index contributed by atoms with van der Waals surface area (Å²) in [6.45, 7) is 1.69. The van der Waals surface area contributed by atoms with E-state index in [0.29, 0.717) is 15.2 Å². The summed E-state index contributed by atoms with van der Waals surface area (Å²) in [5.74, 6) is -1.73. The molecule has 0 saturated carbocycles. The van der Waals surface area contributed by atoms with Crippen molar-refractivity contribution in [1.29, 1.82) is 0 Å². The molecule has 11 heteroatoms. The smallest absolute Gasteiger partial charge is 0.326 e. The Kier molecular flexibility index (Phi) is 7.81. The number of hydrogen-bond acceptors (Lipinski definition) is 6. The second kappa shape index (κ2) is 10.4. The van der Waals surface area contributed by atoms with Gasteiger partial charge in [0.1, 0.15) is 12.4 Å². The molecule has 3 rings (SSSR count). The zero-order valence-electron chi connectivity index (χ0n) is 17.1. The van der Waals surface area contributed by atoms with E-state index < -0.39 is 27.5 Å². The van der Waals surface area contributed by atoms with Crippen molar-refractivity contribution in [2.24, 2.45) is 4.99 Å². The van der Waals surface area contributed by atoms with Crippen LogP contribution in [-0.4, -0.2) is 37.2 Å². The summed E-state index contributed by atoms with van der Waals surface area (Å²) in [6.07, 6.45) is -0.0282. The molecule has 0 fully saturated rings. The average Bonchev–Trinajstić information content (AvgIpc) is 3.04. The molecular formula is C21H20ClFN2O5S2. The molecule has 1 heterocycles. The minimum Gasteiger partial charge on any atom is -0.465 e. The Balaban J connectivity index is 1.78. The standard InChI is InChI=1S/C21H20ClFN2O5S2/c1-2-30-20(27)13-25-17-10-7-15(23)12-18(17)31-21(25)24-19(26)4-3-11-32(28,29)16-8-5-14(22)6-9-16/h5-10,12H,2-4,11,13H2,1H3. The molecule has 0 radical (unpaired) electrons. The maximum atomic E-state index is 13.6. The molecule has 170 valence electrons. The molecule has 7 nitrogen and oxygen atoms in total. The van der Waals surface area contributed by atoms with Gasteiger partial charge in [-0.25, -0.2) is 12.8 Å². The van der Waals surface area contributed by atoms with E-state index in [1.807, 2.05) is 0 Å². The summed E-state index contributed by atoms with van der Waals surface area (Å²) in [6, 6.07) is 9.86. The van der Waals surface area contributed by atoms with Crippen LogP contribution < -0.4 is 4.80 Å². The maximum Gasteiger partial charge on any atom is 0.326 e. The highest BCUT2D eigenvalue weighted by Crippen LogP contribution is 2.19. The first kappa shape index (κ1) is 24.1. The Hall–Kier alpha value is -2.56. The number of hydrogen-bond donors (Lipinski definition) is 0. The van der Waals surface area contributed by atoms with Gasteiger partial charge in [0.25, 0.3) is 0 Å². The van der Waals surface area contributed by atoms with Gasteiger partial charge in [-0.1, -0.05) is 22.9 Å². The Morgan fingerprint density at radius 2 is 1.91 bits per heavy atom. The first-order valence-electron chi connectivity index (χ1n) is 9.70. The third-order valence-electron chi connectivity index (χ3n) is 4.43. The highest BCUT2D eigenvalue weighted by molar-refractivity contribution is 7.91. The highest BCUT2D eigenvalue weighted by atomic mass is 35.5. The van der Waals surface area contributed by atoms with Crippen molar-refractivity contribution in [2.45, 2.75) is 31.2 Å². The SMILES string of the molecule is CCOC(=O)Cn1c(=NC(=O)CCCS(=O)(=O)c2ccc(Cl)cc2)sc2cc(F)ccc21. The number of sulfone groups is 1. The van der Waals surface area contributed by atoms with Gasteiger partial charge < -0.3 is 9.30 Å². The lowest BCUT2D eigenvalue weighted by Crippen LogP contribution is -2.23. The van der Waals surface area contributed by atoms with Crippen LogP contribution in [0.1, 0.15) is 19.8 Å². The third kappa shape index (κ3) is 6.02. The lowest BCUT2D eigenvalue weighted by molar-refractivity contribution is -0.143. The predicted molar refractivity (Wildman–Crippen MR) is 120 cm³/mol. The largest absolute Gasteiger partial charge is 0.465 e. The average molecular weight is 499 g/mol. The third-order valence-corrected chi connectivity index (χ3v) is 7.54. The van der Waals surface area contributed by atoms with Crippen LogP contribution in [-0.2, 0) is 30.7 Å². The molecule has 1 amide bonds. The first-order valence-corrected chi connectivity index (χ1v) is 12.5. The highest BCUT2D eigenvalue weighted by Gasteiger charge is 2.16. The summed E-state index contributed by atoms with van der Waals surface area (Å²) < 4.78 is 45.4. The van der Waals surface area contributed by atoms with Crippen LogP contribution in [0.2, 0.25) is 5.02 Å². The quantitative estimate of drug-likeness (QED) is 0.441. The van der Waals surface area contributed by atoms with E-state index in [0.717, 1.165) is 11.3 Å². The number of amides is 1. The summed E-state index contributed by atoms with van der Waals surface area (Å²) in [4.78, 5) is 28.8. The molecule has 0 aliphatic rings. The van der Waals surface area contributed by atoms with Gasteiger partial charge in [0.05, 0.1) is 27.5 Å². The summed E-state index contributed by atoms with van der Waals surface area (Å²) in [5, 5.41) is 0.428. The number of fused-ring (bicyclic) bond motifs is 1. The van der Waals surface area contributed by atoms with Crippen molar-refractivity contribution in [3.8, 4) is 0 Å². The molecule has 0 aliphatic carbocycles. The number of aromatic nitrogens is 1. The van der Waals surface area contributed by atoms with E-state index >= 15 is 0 Å². The molecule has 0 bridgehead atoms. The monoisotopic (exact) mass is 498 g/mol. The predicted octanol–water partition coefficient (Wildman–Crippen LogP) is 3.74. The topological polar surface area (TPSA) is 94.8 Å². The zero-order chi connectivity index (χ0) is 23.3. The summed E-state index contributed by atoms with van der Waals surface area (Å²) >= 11 is 6.84. The second-order valence-electron chi connectivity index (χ2n) is 6.77. The number of benzene rings is 2. The van der Waals surface area contributed by atoms with Crippen LogP contribution in [0.25, 0.3) is 10.2 Å². The number of carbonyl (C=O) groups excluding carboxylic acids is 2. The van der Waals surface area contributed by atoms with Crippen molar-refractivity contribution in [3.05, 3.63) is 58.1 Å². The Bertz CT molecular complexity index is 1310. The van der Waals surface area contributed by atoms with Crippen LogP contribution in [0.5, 0.6) is 0 Å². The van der Waals surface area contributed by atoms with Crippen molar-refractivity contribution >= 4 is 54.9 Å². The van der Waals surface area contributed by atoms with Gasteiger partial charge >= 0.3 is 5.97 Å². The number of carbonyl (C=O) groups is 2. The van der Waals surface area contributed by atoms with Crippen LogP contribution in [0.3, 0.4) is 0 Å². The van der Waals surface area contributed by atoms with Gasteiger partial charge in [0, 0.05) is 11.4 Å². The Morgan fingerprint density at radius 3 is 2.59 bits per heavy atom. The normalized spacial score (nSPS) is 12.3. The van der Waals surface area contributed by atoms with E-state index in [1.54, 1.807) is 6.92 Å². The van der Waals surface area contributed by atoms with Crippen molar-refractivity contribution in [2.75, 3.05) is 12.4 Å². The summed E-state index contributed by atoms with van der Waals surface area (Å²) in [5.41, 5.74) is 0.543. The second-order valence-corrected chi connectivity index (χ2v) is 10.3. The van der Waals surface area contributed by atoms with Gasteiger partial charge in [0.15, 0.2) is 14.6 Å². The fraction of sp³-hybridized carbons (Fsp3) is 0.286. The number of esters is 1. The zero-order valence-corrected chi connectivity index (χ0v) is 19.5. The lowest BCUT2D eigenvalue weighted by atomic mass is 10.3. The molecule has 1 aromatic heterocycles. The van der Waals surface area contributed by atoms with E-state index in [1.165, 1.54) is 47.0 Å². The molecular weight excluding hydrogens is 479 g/mol. The first-order chi connectivity index (χ1) is 15.2. The molecule has 0 aliphatic heterocycles. The lowest BCUT2D eigenvalue weighted by Gasteiger charge is -2.05. The van der Waals surface area contributed by atoms with E-state index in [9.17, 15) is 22.4 Å². The van der Waals surface area contributed by atoms with Gasteiger partial charge in [0.2, 0.25) is 5.91 Å². The van der Waals surface area contributed by atoms with Crippen molar-refractivity contribution in [1.82, 2.24) is 4.57 Å². The van der Waals surface area contributed by atoms with E-state index in [2.05, 4.69) is 4.99 Å². The van der Waals surface area contributed by atoms with Crippen molar-refractivity contribution in [3.63, 3.8) is 0 Å². The van der Waals surface area contributed by atoms with Gasteiger partial charge in [-0.2, -0.15) is 4.99 Å². The fourth-order valence-electron chi connectivity index (χ4n) is 2.96. The van der Waals surface area contributed by atoms with Crippen LogP contribution in [0, 0.1) is 5.82 Å². The van der Waals surface area contributed by atoms with Gasteiger partial charge in [-0.3, -0.25) is 9.59 Å². The molecule has 0 unspecified atom stereocenters.